The summed E-state index contributed by atoms with van der Waals surface area (Å²) in [4.78, 5) is 17.1. The smallest absolute Gasteiger partial charge is 0.220 e. The molecule has 1 aromatic heterocycles. The minimum atomic E-state index is -0.185. The van der Waals surface area contributed by atoms with Crippen molar-refractivity contribution in [1.29, 1.82) is 0 Å². The highest BCUT2D eigenvalue weighted by Gasteiger charge is 2.20. The van der Waals surface area contributed by atoms with Gasteiger partial charge >= 0.3 is 0 Å². The molecule has 0 aliphatic carbocycles. The molecular formula is C43H49N7O3. The SMILES string of the molecule is CC(C)CCOc1ccc2ccccc2c1-c1c(OCc2cn(C[C@@H](CCCN=C(N)N)NC(=O)CCc3ccccc3)nn2)ccc2ccccc12. The summed E-state index contributed by atoms with van der Waals surface area (Å²) >= 11 is 0. The van der Waals surface area contributed by atoms with E-state index in [1.165, 1.54) is 0 Å². The molecule has 10 nitrogen and oxygen atoms in total. The van der Waals surface area contributed by atoms with Crippen LogP contribution >= 0.6 is 0 Å². The maximum atomic E-state index is 13.0. The topological polar surface area (TPSA) is 143 Å². The lowest BCUT2D eigenvalue weighted by molar-refractivity contribution is -0.121. The lowest BCUT2D eigenvalue weighted by Crippen LogP contribution is -2.38. The zero-order valence-electron chi connectivity index (χ0n) is 30.6. The molecule has 1 atom stereocenters. The Hall–Kier alpha value is -5.90. The molecule has 0 unspecified atom stereocenters. The van der Waals surface area contributed by atoms with Crippen LogP contribution in [0.25, 0.3) is 32.7 Å². The number of nitrogens with two attached hydrogens (primary N) is 2. The van der Waals surface area contributed by atoms with Crippen LogP contribution in [0.5, 0.6) is 11.5 Å². The van der Waals surface area contributed by atoms with Crippen LogP contribution in [-0.4, -0.2) is 46.1 Å². The van der Waals surface area contributed by atoms with Crippen LogP contribution in [0.1, 0.15) is 50.8 Å². The van der Waals surface area contributed by atoms with E-state index in [1.54, 1.807) is 4.68 Å². The van der Waals surface area contributed by atoms with Gasteiger partial charge in [-0.15, -0.1) is 5.10 Å². The molecule has 6 rings (SSSR count). The predicted molar refractivity (Wildman–Crippen MR) is 213 cm³/mol. The number of hydrogen-bond acceptors (Lipinski definition) is 6. The quantitative estimate of drug-likeness (QED) is 0.0478. The Morgan fingerprint density at radius 2 is 1.45 bits per heavy atom. The van der Waals surface area contributed by atoms with Crippen molar-refractivity contribution in [3.63, 3.8) is 0 Å². The lowest BCUT2D eigenvalue weighted by atomic mass is 9.92. The third kappa shape index (κ3) is 10.1. The Kier molecular flexibility index (Phi) is 12.6. The largest absolute Gasteiger partial charge is 0.493 e. The molecule has 0 aliphatic heterocycles. The van der Waals surface area contributed by atoms with Gasteiger partial charge in [-0.2, -0.15) is 0 Å². The molecule has 1 heterocycles. The molecule has 0 fully saturated rings. The highest BCUT2D eigenvalue weighted by molar-refractivity contribution is 6.09. The van der Waals surface area contributed by atoms with E-state index >= 15 is 0 Å². The minimum absolute atomic E-state index is 0.0193. The molecule has 0 spiro atoms. The molecule has 0 saturated carbocycles. The fourth-order valence-electron chi connectivity index (χ4n) is 6.49. The standard InChI is InChI=1S/C43H49N7O3/c1-30(2)24-26-52-38-21-19-32-13-6-8-16-36(32)41(38)42-37-17-9-7-14-33(37)20-22-39(42)53-29-35-28-50(49-48-35)27-34(15-10-25-46-43(44)45)47-40(51)23-18-31-11-4-3-5-12-31/h3-9,11-14,16-17,19-22,28,30,34H,10,15,18,23-27,29H2,1-2H3,(H,47,51)(H4,44,45,46)/t34-/m1/s1. The van der Waals surface area contributed by atoms with Crippen LogP contribution < -0.4 is 26.3 Å². The van der Waals surface area contributed by atoms with E-state index < -0.39 is 0 Å². The number of rotatable bonds is 18. The van der Waals surface area contributed by atoms with Gasteiger partial charge in [0.1, 0.15) is 23.8 Å². The first-order valence-corrected chi connectivity index (χ1v) is 18.4. The van der Waals surface area contributed by atoms with Gasteiger partial charge in [0.2, 0.25) is 5.91 Å². The average Bonchev–Trinajstić information content (AvgIpc) is 3.61. The molecule has 5 aromatic carbocycles. The molecule has 0 radical (unpaired) electrons. The Morgan fingerprint density at radius 1 is 0.811 bits per heavy atom. The molecule has 53 heavy (non-hydrogen) atoms. The van der Waals surface area contributed by atoms with Crippen molar-refractivity contribution >= 4 is 33.4 Å². The van der Waals surface area contributed by atoms with Crippen molar-refractivity contribution in [1.82, 2.24) is 20.3 Å². The van der Waals surface area contributed by atoms with Crippen LogP contribution in [0.15, 0.2) is 114 Å². The van der Waals surface area contributed by atoms with Crippen molar-refractivity contribution < 1.29 is 14.3 Å². The molecule has 0 bridgehead atoms. The first kappa shape index (κ1) is 36.9. The second-order valence-corrected chi connectivity index (χ2v) is 13.8. The van der Waals surface area contributed by atoms with Gasteiger partial charge in [-0.1, -0.05) is 110 Å². The molecule has 1 amide bonds. The number of aromatic nitrogens is 3. The van der Waals surface area contributed by atoms with E-state index in [2.05, 4.69) is 95.1 Å². The average molecular weight is 712 g/mol. The highest BCUT2D eigenvalue weighted by atomic mass is 16.5. The van der Waals surface area contributed by atoms with Gasteiger partial charge in [0.05, 0.1) is 19.3 Å². The first-order chi connectivity index (χ1) is 25.8. The normalized spacial score (nSPS) is 11.8. The highest BCUT2D eigenvalue weighted by Crippen LogP contribution is 2.45. The number of benzene rings is 5. The number of aryl methyl sites for hydroxylation is 1. The lowest BCUT2D eigenvalue weighted by Gasteiger charge is -2.20. The van der Waals surface area contributed by atoms with Crippen molar-refractivity contribution in [3.8, 4) is 22.6 Å². The number of ether oxygens (including phenoxy) is 2. The zero-order chi connectivity index (χ0) is 37.0. The number of amides is 1. The molecule has 0 saturated heterocycles. The number of hydrogen-bond donors (Lipinski definition) is 3. The van der Waals surface area contributed by atoms with Crippen LogP contribution in [0, 0.1) is 5.92 Å². The van der Waals surface area contributed by atoms with Crippen molar-refractivity contribution in [3.05, 3.63) is 121 Å². The second-order valence-electron chi connectivity index (χ2n) is 13.8. The number of nitrogens with zero attached hydrogens (tertiary/aromatic N) is 4. The molecule has 274 valence electrons. The number of carbonyl (C=O) groups excluding carboxylic acids is 1. The van der Waals surface area contributed by atoms with Gasteiger partial charge in [0, 0.05) is 30.1 Å². The number of aliphatic imine (C=N–C) groups is 1. The molecule has 5 N–H and O–H groups in total. The Bertz CT molecular complexity index is 2140. The molecule has 0 aliphatic rings. The van der Waals surface area contributed by atoms with E-state index in [4.69, 9.17) is 20.9 Å². The van der Waals surface area contributed by atoms with E-state index in [9.17, 15) is 4.79 Å². The number of guanidine groups is 1. The summed E-state index contributed by atoms with van der Waals surface area (Å²) in [5.74, 6) is 2.12. The van der Waals surface area contributed by atoms with E-state index in [1.807, 2.05) is 48.7 Å². The monoisotopic (exact) mass is 711 g/mol. The van der Waals surface area contributed by atoms with Gasteiger partial charge in [-0.3, -0.25) is 14.5 Å². The molecular weight excluding hydrogens is 663 g/mol. The third-order valence-corrected chi connectivity index (χ3v) is 9.21. The van der Waals surface area contributed by atoms with Crippen LogP contribution in [0.2, 0.25) is 0 Å². The first-order valence-electron chi connectivity index (χ1n) is 18.4. The maximum absolute atomic E-state index is 13.0. The fourth-order valence-corrected chi connectivity index (χ4v) is 6.49. The van der Waals surface area contributed by atoms with Gasteiger partial charge in [0.25, 0.3) is 0 Å². The maximum Gasteiger partial charge on any atom is 0.220 e. The summed E-state index contributed by atoms with van der Waals surface area (Å²) in [6.07, 6.45) is 5.26. The Morgan fingerprint density at radius 3 is 2.11 bits per heavy atom. The summed E-state index contributed by atoms with van der Waals surface area (Å²) in [6.45, 7) is 6.16. The summed E-state index contributed by atoms with van der Waals surface area (Å²) in [5, 5.41) is 16.4. The zero-order valence-corrected chi connectivity index (χ0v) is 30.6. The summed E-state index contributed by atoms with van der Waals surface area (Å²) in [5.41, 5.74) is 14.8. The summed E-state index contributed by atoms with van der Waals surface area (Å²) in [6, 6.07) is 34.9. The van der Waals surface area contributed by atoms with Gasteiger partial charge in [-0.05, 0) is 70.8 Å². The van der Waals surface area contributed by atoms with E-state index in [0.29, 0.717) is 57.0 Å². The van der Waals surface area contributed by atoms with Gasteiger partial charge in [0.15, 0.2) is 5.96 Å². The van der Waals surface area contributed by atoms with E-state index in [-0.39, 0.29) is 24.5 Å². The van der Waals surface area contributed by atoms with E-state index in [0.717, 1.165) is 56.2 Å². The fraction of sp³-hybridized carbons (Fsp3) is 0.302. The molecule has 10 heteroatoms. The second kappa shape index (κ2) is 18.0. The predicted octanol–water partition coefficient (Wildman–Crippen LogP) is 7.43. The van der Waals surface area contributed by atoms with Crippen molar-refractivity contribution in [2.45, 2.75) is 65.1 Å². The number of fused-ring (bicyclic) bond motifs is 2. The van der Waals surface area contributed by atoms with Gasteiger partial charge in [-0.25, -0.2) is 0 Å². The Labute approximate surface area is 311 Å². The third-order valence-electron chi connectivity index (χ3n) is 9.21. The van der Waals surface area contributed by atoms with Crippen LogP contribution in [0.3, 0.4) is 0 Å². The van der Waals surface area contributed by atoms with Crippen LogP contribution in [-0.2, 0) is 24.4 Å². The molecule has 6 aromatic rings. The summed E-state index contributed by atoms with van der Waals surface area (Å²) in [7, 11) is 0. The summed E-state index contributed by atoms with van der Waals surface area (Å²) < 4.78 is 14.9. The minimum Gasteiger partial charge on any atom is -0.493 e. The number of nitrogens with one attached hydrogen (secondary N) is 1. The Balaban J connectivity index is 1.22. The number of carbonyl (C=O) groups is 1. The van der Waals surface area contributed by atoms with Crippen molar-refractivity contribution in [2.24, 2.45) is 22.4 Å². The van der Waals surface area contributed by atoms with Crippen LogP contribution in [0.4, 0.5) is 0 Å². The van der Waals surface area contributed by atoms with Gasteiger partial charge < -0.3 is 26.3 Å². The van der Waals surface area contributed by atoms with Crippen molar-refractivity contribution in [2.75, 3.05) is 13.2 Å².